The van der Waals surface area contributed by atoms with Crippen LogP contribution in [0, 0.1) is 0 Å². The lowest BCUT2D eigenvalue weighted by Gasteiger charge is -2.28. The Morgan fingerprint density at radius 3 is 2.15 bits per heavy atom. The SMILES string of the molecule is CCCCCCCN(CCCCCSc1nc(-c2ccccc2)c(-c2ccccc2)[nH]1)C(=O)NC1CCCCC1. The topological polar surface area (TPSA) is 61.0 Å². The highest BCUT2D eigenvalue weighted by Crippen LogP contribution is 2.32. The minimum atomic E-state index is 0.161. The van der Waals surface area contributed by atoms with E-state index in [1.807, 2.05) is 12.1 Å². The smallest absolute Gasteiger partial charge is 0.317 e. The fourth-order valence-corrected chi connectivity index (χ4v) is 6.39. The molecule has 0 aliphatic heterocycles. The van der Waals surface area contributed by atoms with E-state index < -0.39 is 0 Å². The Labute approximate surface area is 245 Å². The molecule has 0 atom stereocenters. The molecule has 0 saturated heterocycles. The van der Waals surface area contributed by atoms with Gasteiger partial charge in [-0.25, -0.2) is 9.78 Å². The minimum Gasteiger partial charge on any atom is -0.335 e. The van der Waals surface area contributed by atoms with E-state index in [1.165, 1.54) is 44.9 Å². The number of imidazole rings is 1. The summed E-state index contributed by atoms with van der Waals surface area (Å²) < 4.78 is 0. The zero-order valence-corrected chi connectivity index (χ0v) is 25.2. The summed E-state index contributed by atoms with van der Waals surface area (Å²) in [5.74, 6) is 1.02. The maximum atomic E-state index is 13.1. The predicted molar refractivity (Wildman–Crippen MR) is 170 cm³/mol. The number of carbonyl (C=O) groups is 1. The number of carbonyl (C=O) groups excluding carboxylic acids is 1. The molecule has 1 aliphatic carbocycles. The van der Waals surface area contributed by atoms with Crippen LogP contribution in [-0.4, -0.2) is 45.8 Å². The molecule has 2 aromatic carbocycles. The largest absolute Gasteiger partial charge is 0.335 e. The number of rotatable bonds is 16. The van der Waals surface area contributed by atoms with Crippen LogP contribution in [0.2, 0.25) is 0 Å². The van der Waals surface area contributed by atoms with Crippen LogP contribution < -0.4 is 5.32 Å². The van der Waals surface area contributed by atoms with Gasteiger partial charge in [0.25, 0.3) is 0 Å². The maximum Gasteiger partial charge on any atom is 0.317 e. The number of H-pyrrole nitrogens is 1. The molecule has 2 N–H and O–H groups in total. The zero-order chi connectivity index (χ0) is 27.8. The molecule has 40 heavy (non-hydrogen) atoms. The van der Waals surface area contributed by atoms with E-state index in [0.717, 1.165) is 85.0 Å². The summed E-state index contributed by atoms with van der Waals surface area (Å²) in [6.45, 7) is 3.99. The number of urea groups is 1. The quantitative estimate of drug-likeness (QED) is 0.136. The number of nitrogens with zero attached hydrogens (tertiary/aromatic N) is 2. The molecule has 6 heteroatoms. The molecule has 1 heterocycles. The first-order chi connectivity index (χ1) is 19.7. The Morgan fingerprint density at radius 1 is 0.850 bits per heavy atom. The van der Waals surface area contributed by atoms with Gasteiger partial charge in [-0.3, -0.25) is 0 Å². The molecule has 2 amide bonds. The highest BCUT2D eigenvalue weighted by Gasteiger charge is 2.20. The number of amides is 2. The zero-order valence-electron chi connectivity index (χ0n) is 24.4. The second kappa shape index (κ2) is 17.2. The second-order valence-electron chi connectivity index (χ2n) is 11.1. The fraction of sp³-hybridized carbons (Fsp3) is 0.529. The minimum absolute atomic E-state index is 0.161. The number of aromatic nitrogens is 2. The summed E-state index contributed by atoms with van der Waals surface area (Å²) in [5.41, 5.74) is 4.37. The van der Waals surface area contributed by atoms with Crippen LogP contribution in [0.25, 0.3) is 22.5 Å². The van der Waals surface area contributed by atoms with Crippen LogP contribution in [0.1, 0.15) is 90.4 Å². The van der Waals surface area contributed by atoms with E-state index in [-0.39, 0.29) is 6.03 Å². The standard InChI is InChI=1S/C34H48N4OS/c1-2-3-4-5-16-25-38(34(39)35-30-23-14-8-15-24-30)26-17-9-18-27-40-33-36-31(28-19-10-6-11-20-28)32(37-33)29-21-12-7-13-22-29/h6-7,10-13,19-22,30H,2-5,8-9,14-18,23-27H2,1H3,(H,35,39)(H,36,37). The number of benzene rings is 2. The fourth-order valence-electron chi connectivity index (χ4n) is 5.52. The molecule has 0 unspecified atom stereocenters. The van der Waals surface area contributed by atoms with Gasteiger partial charge in [0.05, 0.1) is 11.4 Å². The van der Waals surface area contributed by atoms with Gasteiger partial charge in [0.1, 0.15) is 0 Å². The van der Waals surface area contributed by atoms with Gasteiger partial charge in [0.2, 0.25) is 0 Å². The van der Waals surface area contributed by atoms with Crippen molar-refractivity contribution in [3.63, 3.8) is 0 Å². The van der Waals surface area contributed by atoms with E-state index in [0.29, 0.717) is 6.04 Å². The van der Waals surface area contributed by atoms with Crippen molar-refractivity contribution >= 4 is 17.8 Å². The van der Waals surface area contributed by atoms with Gasteiger partial charge in [-0.2, -0.15) is 0 Å². The average Bonchev–Trinajstić information content (AvgIpc) is 3.43. The first-order valence-corrected chi connectivity index (χ1v) is 16.6. The Hall–Kier alpha value is -2.73. The Kier molecular flexibility index (Phi) is 13.0. The number of nitrogens with one attached hydrogen (secondary N) is 2. The van der Waals surface area contributed by atoms with E-state index in [1.54, 1.807) is 11.8 Å². The summed E-state index contributed by atoms with van der Waals surface area (Å²) in [6, 6.07) is 21.4. The molecule has 0 radical (unpaired) electrons. The first kappa shape index (κ1) is 30.2. The van der Waals surface area contributed by atoms with Crippen LogP contribution in [-0.2, 0) is 0 Å². The first-order valence-electron chi connectivity index (χ1n) is 15.6. The molecule has 1 aromatic heterocycles. The van der Waals surface area contributed by atoms with Crippen LogP contribution >= 0.6 is 11.8 Å². The van der Waals surface area contributed by atoms with E-state index in [4.69, 9.17) is 4.98 Å². The van der Waals surface area contributed by atoms with Crippen molar-refractivity contribution in [3.8, 4) is 22.5 Å². The molecule has 1 aliphatic rings. The van der Waals surface area contributed by atoms with Crippen LogP contribution in [0.3, 0.4) is 0 Å². The Balaban J connectivity index is 1.25. The predicted octanol–water partition coefficient (Wildman–Crippen LogP) is 9.32. The summed E-state index contributed by atoms with van der Waals surface area (Å²) in [4.78, 5) is 23.8. The van der Waals surface area contributed by atoms with Gasteiger partial charge >= 0.3 is 6.03 Å². The molecule has 1 fully saturated rings. The van der Waals surface area contributed by atoms with Gasteiger partial charge in [-0.1, -0.05) is 131 Å². The molecule has 216 valence electrons. The Bertz CT molecular complexity index is 1050. The molecular weight excluding hydrogens is 512 g/mol. The van der Waals surface area contributed by atoms with Gasteiger partial charge < -0.3 is 15.2 Å². The van der Waals surface area contributed by atoms with Gasteiger partial charge in [-0.05, 0) is 32.1 Å². The number of thioether (sulfide) groups is 1. The summed E-state index contributed by atoms with van der Waals surface area (Å²) >= 11 is 1.80. The van der Waals surface area contributed by atoms with E-state index >= 15 is 0 Å². The highest BCUT2D eigenvalue weighted by molar-refractivity contribution is 7.99. The van der Waals surface area contributed by atoms with Gasteiger partial charge in [0, 0.05) is 36.0 Å². The summed E-state index contributed by atoms with van der Waals surface area (Å²) in [7, 11) is 0. The van der Waals surface area contributed by atoms with Crippen LogP contribution in [0.5, 0.6) is 0 Å². The lowest BCUT2D eigenvalue weighted by atomic mass is 9.96. The van der Waals surface area contributed by atoms with Crippen LogP contribution in [0.4, 0.5) is 4.79 Å². The van der Waals surface area contributed by atoms with Crippen molar-refractivity contribution in [3.05, 3.63) is 60.7 Å². The molecule has 0 spiro atoms. The Morgan fingerprint density at radius 2 is 1.48 bits per heavy atom. The van der Waals surface area contributed by atoms with E-state index in [2.05, 4.69) is 70.7 Å². The number of hydrogen-bond acceptors (Lipinski definition) is 3. The van der Waals surface area contributed by atoms with Gasteiger partial charge in [0.15, 0.2) is 5.16 Å². The molecule has 0 bridgehead atoms. The van der Waals surface area contributed by atoms with Crippen molar-refractivity contribution in [1.29, 1.82) is 0 Å². The van der Waals surface area contributed by atoms with Crippen molar-refractivity contribution in [2.45, 2.75) is 102 Å². The van der Waals surface area contributed by atoms with Gasteiger partial charge in [-0.15, -0.1) is 0 Å². The van der Waals surface area contributed by atoms with Crippen molar-refractivity contribution in [2.24, 2.45) is 0 Å². The number of hydrogen-bond donors (Lipinski definition) is 2. The third-order valence-electron chi connectivity index (χ3n) is 7.85. The van der Waals surface area contributed by atoms with Crippen molar-refractivity contribution in [1.82, 2.24) is 20.2 Å². The maximum absolute atomic E-state index is 13.1. The monoisotopic (exact) mass is 560 g/mol. The molecule has 4 rings (SSSR count). The lowest BCUT2D eigenvalue weighted by molar-refractivity contribution is 0.187. The van der Waals surface area contributed by atoms with Crippen molar-refractivity contribution < 1.29 is 4.79 Å². The van der Waals surface area contributed by atoms with Crippen LogP contribution in [0.15, 0.2) is 65.8 Å². The highest BCUT2D eigenvalue weighted by atomic mass is 32.2. The summed E-state index contributed by atoms with van der Waals surface area (Å²) in [5, 5.41) is 4.32. The number of unbranched alkanes of at least 4 members (excludes halogenated alkanes) is 6. The molecule has 3 aromatic rings. The molecule has 5 nitrogen and oxygen atoms in total. The van der Waals surface area contributed by atoms with Crippen molar-refractivity contribution in [2.75, 3.05) is 18.8 Å². The molecule has 1 saturated carbocycles. The lowest BCUT2D eigenvalue weighted by Crippen LogP contribution is -2.46. The molecular formula is C34H48N4OS. The second-order valence-corrected chi connectivity index (χ2v) is 12.2. The number of aromatic amines is 1. The third kappa shape index (κ3) is 9.72. The average molecular weight is 561 g/mol. The normalized spacial score (nSPS) is 13.8. The summed E-state index contributed by atoms with van der Waals surface area (Å²) in [6.07, 6.45) is 15.5. The third-order valence-corrected chi connectivity index (χ3v) is 8.81. The van der Waals surface area contributed by atoms with E-state index in [9.17, 15) is 4.79 Å².